The molecule has 3 N–H and O–H groups in total. The molecule has 0 aromatic heterocycles. The van der Waals surface area contributed by atoms with Crippen molar-refractivity contribution in [3.8, 4) is 0 Å². The van der Waals surface area contributed by atoms with Gasteiger partial charge in [0, 0.05) is 12.6 Å². The molecule has 6 nitrogen and oxygen atoms in total. The zero-order valence-corrected chi connectivity index (χ0v) is 12.7. The van der Waals surface area contributed by atoms with Crippen molar-refractivity contribution < 1.29 is 19.4 Å². The van der Waals surface area contributed by atoms with E-state index in [1.165, 1.54) is 24.1 Å². The van der Waals surface area contributed by atoms with Crippen molar-refractivity contribution in [1.29, 1.82) is 0 Å². The van der Waals surface area contributed by atoms with Crippen LogP contribution >= 0.6 is 23.2 Å². The van der Waals surface area contributed by atoms with Gasteiger partial charge in [-0.1, -0.05) is 23.2 Å². The van der Waals surface area contributed by atoms with Gasteiger partial charge in [-0.3, -0.25) is 9.59 Å². The first kappa shape index (κ1) is 15.9. The summed E-state index contributed by atoms with van der Waals surface area (Å²) in [6, 6.07) is 2.28. The lowest BCUT2D eigenvalue weighted by atomic mass is 10.0. The van der Waals surface area contributed by atoms with E-state index in [9.17, 15) is 9.59 Å². The molecule has 1 saturated heterocycles. The molecular formula is C13H14Cl2N2O4. The van der Waals surface area contributed by atoms with Crippen LogP contribution in [0.4, 0.5) is 5.69 Å². The molecule has 1 aliphatic rings. The molecule has 2 unspecified atom stereocenters. The van der Waals surface area contributed by atoms with Crippen LogP contribution in [0.5, 0.6) is 0 Å². The lowest BCUT2D eigenvalue weighted by Crippen LogP contribution is -2.44. The van der Waals surface area contributed by atoms with Gasteiger partial charge in [0.1, 0.15) is 5.92 Å². The molecule has 8 heteroatoms. The summed E-state index contributed by atoms with van der Waals surface area (Å²) in [5, 5.41) is 9.49. The standard InChI is InChI=1S/C13H14Cl2N2O4/c1-17(10-5-21-4-7(10)13(19)20)12(18)6-2-8(14)11(16)9(15)3-6/h2-3,7,10H,4-5,16H2,1H3,(H,19,20). The minimum absolute atomic E-state index is 0.0842. The minimum atomic E-state index is -0.995. The molecule has 114 valence electrons. The van der Waals surface area contributed by atoms with Crippen LogP contribution in [-0.2, 0) is 9.53 Å². The molecule has 21 heavy (non-hydrogen) atoms. The lowest BCUT2D eigenvalue weighted by molar-refractivity contribution is -0.142. The van der Waals surface area contributed by atoms with Gasteiger partial charge in [-0.05, 0) is 12.1 Å². The predicted octanol–water partition coefficient (Wildman–Crippen LogP) is 1.75. The largest absolute Gasteiger partial charge is 0.481 e. The number of hydrogen-bond acceptors (Lipinski definition) is 4. The van der Waals surface area contributed by atoms with Crippen molar-refractivity contribution >= 4 is 40.8 Å². The van der Waals surface area contributed by atoms with Gasteiger partial charge >= 0.3 is 5.97 Å². The quantitative estimate of drug-likeness (QED) is 0.822. The summed E-state index contributed by atoms with van der Waals surface area (Å²) >= 11 is 11.8. The maximum atomic E-state index is 12.4. The zero-order valence-electron chi connectivity index (χ0n) is 11.2. The number of nitrogens with zero attached hydrogens (tertiary/aromatic N) is 1. The SMILES string of the molecule is CN(C(=O)c1cc(Cl)c(N)c(Cl)c1)C1COCC1C(=O)O. The Labute approximate surface area is 131 Å². The molecule has 2 rings (SSSR count). The molecule has 1 aromatic carbocycles. The number of carbonyl (C=O) groups excluding carboxylic acids is 1. The van der Waals surface area contributed by atoms with Gasteiger partial charge in [0.05, 0.1) is 35.0 Å². The number of carboxylic acid groups (broad SMARTS) is 1. The molecular weight excluding hydrogens is 319 g/mol. The van der Waals surface area contributed by atoms with Gasteiger partial charge < -0.3 is 20.5 Å². The Bertz CT molecular complexity index is 571. The number of nitrogen functional groups attached to an aromatic ring is 1. The molecule has 0 bridgehead atoms. The highest BCUT2D eigenvalue weighted by atomic mass is 35.5. The number of ether oxygens (including phenoxy) is 1. The predicted molar refractivity (Wildman–Crippen MR) is 78.7 cm³/mol. The van der Waals surface area contributed by atoms with Crippen LogP contribution in [0.3, 0.4) is 0 Å². The summed E-state index contributed by atoms with van der Waals surface area (Å²) in [7, 11) is 1.52. The third kappa shape index (κ3) is 3.07. The van der Waals surface area contributed by atoms with E-state index in [2.05, 4.69) is 0 Å². The first-order valence-corrected chi connectivity index (χ1v) is 6.90. The highest BCUT2D eigenvalue weighted by Crippen LogP contribution is 2.30. The van der Waals surface area contributed by atoms with Gasteiger partial charge in [0.2, 0.25) is 0 Å². The van der Waals surface area contributed by atoms with Crippen molar-refractivity contribution in [1.82, 2.24) is 4.90 Å². The topological polar surface area (TPSA) is 92.9 Å². The molecule has 0 radical (unpaired) electrons. The molecule has 2 atom stereocenters. The number of nitrogens with two attached hydrogens (primary N) is 1. The van der Waals surface area contributed by atoms with E-state index in [1.807, 2.05) is 0 Å². The van der Waals surface area contributed by atoms with E-state index < -0.39 is 17.9 Å². The number of likely N-dealkylation sites (N-methyl/N-ethyl adjacent to an activating group) is 1. The van der Waals surface area contributed by atoms with Crippen molar-refractivity contribution in [3.05, 3.63) is 27.7 Å². The summed E-state index contributed by atoms with van der Waals surface area (Å²) in [6.07, 6.45) is 0. The van der Waals surface area contributed by atoms with Crippen LogP contribution in [0.15, 0.2) is 12.1 Å². The third-order valence-electron chi connectivity index (χ3n) is 3.51. The fraction of sp³-hybridized carbons (Fsp3) is 0.385. The van der Waals surface area contributed by atoms with Gasteiger partial charge in [0.15, 0.2) is 0 Å². The minimum Gasteiger partial charge on any atom is -0.481 e. The van der Waals surface area contributed by atoms with Gasteiger partial charge in [0.25, 0.3) is 5.91 Å². The number of aliphatic carboxylic acids is 1. The van der Waals surface area contributed by atoms with Crippen LogP contribution in [0, 0.1) is 5.92 Å². The van der Waals surface area contributed by atoms with Crippen molar-refractivity contribution in [2.24, 2.45) is 5.92 Å². The smallest absolute Gasteiger partial charge is 0.311 e. The summed E-state index contributed by atoms with van der Waals surface area (Å²) in [5.41, 5.74) is 6.07. The summed E-state index contributed by atoms with van der Waals surface area (Å²) in [6.45, 7) is 0.260. The van der Waals surface area contributed by atoms with E-state index in [-0.39, 0.29) is 40.4 Å². The van der Waals surface area contributed by atoms with Crippen LogP contribution in [0.25, 0.3) is 0 Å². The average Bonchev–Trinajstić information content (AvgIpc) is 2.92. The van der Waals surface area contributed by atoms with Crippen LogP contribution in [0.2, 0.25) is 10.0 Å². The van der Waals surface area contributed by atoms with Gasteiger partial charge in [-0.2, -0.15) is 0 Å². The average molecular weight is 333 g/mol. The Morgan fingerprint density at radius 2 is 1.90 bits per heavy atom. The molecule has 1 aromatic rings. The maximum absolute atomic E-state index is 12.4. The number of carbonyl (C=O) groups is 2. The van der Waals surface area contributed by atoms with E-state index in [0.29, 0.717) is 0 Å². The first-order chi connectivity index (χ1) is 9.82. The molecule has 1 aliphatic heterocycles. The fourth-order valence-electron chi connectivity index (χ4n) is 2.22. The summed E-state index contributed by atoms with van der Waals surface area (Å²) in [5.74, 6) is -2.13. The number of rotatable bonds is 3. The normalized spacial score (nSPS) is 21.3. The number of hydrogen-bond donors (Lipinski definition) is 2. The Hall–Kier alpha value is -1.50. The van der Waals surface area contributed by atoms with Gasteiger partial charge in [-0.15, -0.1) is 0 Å². The monoisotopic (exact) mass is 332 g/mol. The second kappa shape index (κ2) is 6.09. The van der Waals surface area contributed by atoms with Crippen LogP contribution in [0.1, 0.15) is 10.4 Å². The summed E-state index contributed by atoms with van der Waals surface area (Å²) < 4.78 is 5.16. The highest BCUT2D eigenvalue weighted by molar-refractivity contribution is 6.39. The number of amides is 1. The summed E-state index contributed by atoms with van der Waals surface area (Å²) in [4.78, 5) is 24.9. The molecule has 0 aliphatic carbocycles. The Morgan fingerprint density at radius 3 is 2.43 bits per heavy atom. The molecule has 1 amide bonds. The zero-order chi connectivity index (χ0) is 15.7. The lowest BCUT2D eigenvalue weighted by Gasteiger charge is -2.26. The fourth-order valence-corrected chi connectivity index (χ4v) is 2.71. The Morgan fingerprint density at radius 1 is 1.33 bits per heavy atom. The number of anilines is 1. The molecule has 1 fully saturated rings. The highest BCUT2D eigenvalue weighted by Gasteiger charge is 2.38. The number of carboxylic acids is 1. The van der Waals surface area contributed by atoms with E-state index >= 15 is 0 Å². The van der Waals surface area contributed by atoms with E-state index in [1.54, 1.807) is 0 Å². The second-order valence-electron chi connectivity index (χ2n) is 4.82. The molecule has 0 saturated carbocycles. The molecule has 1 heterocycles. The third-order valence-corrected chi connectivity index (χ3v) is 4.14. The second-order valence-corrected chi connectivity index (χ2v) is 5.63. The number of halogens is 2. The van der Waals surface area contributed by atoms with Crippen molar-refractivity contribution in [2.75, 3.05) is 26.0 Å². The Balaban J connectivity index is 2.25. The van der Waals surface area contributed by atoms with Crippen molar-refractivity contribution in [2.45, 2.75) is 6.04 Å². The van der Waals surface area contributed by atoms with E-state index in [4.69, 9.17) is 38.8 Å². The Kier molecular flexibility index (Phi) is 4.61. The van der Waals surface area contributed by atoms with Crippen LogP contribution in [-0.4, -0.2) is 48.2 Å². The van der Waals surface area contributed by atoms with E-state index in [0.717, 1.165) is 0 Å². The van der Waals surface area contributed by atoms with Crippen LogP contribution < -0.4 is 5.73 Å². The number of benzene rings is 1. The van der Waals surface area contributed by atoms with Crippen molar-refractivity contribution in [3.63, 3.8) is 0 Å². The first-order valence-electron chi connectivity index (χ1n) is 6.15. The molecule has 0 spiro atoms. The van der Waals surface area contributed by atoms with Gasteiger partial charge in [-0.25, -0.2) is 0 Å². The maximum Gasteiger partial charge on any atom is 0.311 e.